The van der Waals surface area contributed by atoms with Gasteiger partial charge >= 0.3 is 0 Å². The van der Waals surface area contributed by atoms with E-state index in [4.69, 9.17) is 0 Å². The lowest BCUT2D eigenvalue weighted by molar-refractivity contribution is -0.130. The van der Waals surface area contributed by atoms with Crippen molar-refractivity contribution in [2.45, 2.75) is 26.3 Å². The Morgan fingerprint density at radius 2 is 2.19 bits per heavy atom. The van der Waals surface area contributed by atoms with Gasteiger partial charge in [0.05, 0.1) is 6.54 Å². The summed E-state index contributed by atoms with van der Waals surface area (Å²) < 4.78 is 14.5. The second-order valence-electron chi connectivity index (χ2n) is 5.22. The number of nitrogens with zero attached hydrogens (tertiary/aromatic N) is 1. The van der Waals surface area contributed by atoms with Crippen molar-refractivity contribution in [1.29, 1.82) is 0 Å². The van der Waals surface area contributed by atoms with Crippen LogP contribution in [-0.2, 0) is 11.3 Å². The largest absolute Gasteiger partial charge is 0.337 e. The van der Waals surface area contributed by atoms with Crippen LogP contribution in [0.15, 0.2) is 22.7 Å². The van der Waals surface area contributed by atoms with E-state index in [1.54, 1.807) is 17.0 Å². The van der Waals surface area contributed by atoms with Crippen LogP contribution in [0.1, 0.15) is 25.3 Å². The predicted octanol–water partition coefficient (Wildman–Crippen LogP) is 3.36. The summed E-state index contributed by atoms with van der Waals surface area (Å²) in [5.41, 5.74) is 0.539. The van der Waals surface area contributed by atoms with Crippen LogP contribution in [0.25, 0.3) is 0 Å². The van der Waals surface area contributed by atoms with Gasteiger partial charge in [-0.15, -0.1) is 12.4 Å². The molecule has 0 spiro atoms. The van der Waals surface area contributed by atoms with Gasteiger partial charge in [-0.2, -0.15) is 0 Å². The topological polar surface area (TPSA) is 32.3 Å². The fourth-order valence-corrected chi connectivity index (χ4v) is 2.47. The first kappa shape index (κ1) is 18.4. The molecule has 3 nitrogen and oxygen atoms in total. The molecule has 0 atom stereocenters. The summed E-state index contributed by atoms with van der Waals surface area (Å²) in [4.78, 5) is 13.8. The summed E-state index contributed by atoms with van der Waals surface area (Å²) in [5.74, 6) is 0.498. The van der Waals surface area contributed by atoms with Gasteiger partial charge in [0.25, 0.3) is 0 Å². The third-order valence-corrected chi connectivity index (χ3v) is 4.00. The van der Waals surface area contributed by atoms with Crippen molar-refractivity contribution in [3.8, 4) is 0 Å². The summed E-state index contributed by atoms with van der Waals surface area (Å²) in [6.45, 7) is 4.05. The fourth-order valence-electron chi connectivity index (χ4n) is 2.06. The van der Waals surface area contributed by atoms with Crippen LogP contribution >= 0.6 is 28.3 Å². The third-order valence-electron chi connectivity index (χ3n) is 3.51. The molecule has 1 aromatic carbocycles. The van der Waals surface area contributed by atoms with Gasteiger partial charge in [-0.25, -0.2) is 4.39 Å². The molecule has 2 rings (SSSR count). The maximum Gasteiger partial charge on any atom is 0.236 e. The molecule has 0 aliphatic heterocycles. The van der Waals surface area contributed by atoms with E-state index >= 15 is 0 Å². The van der Waals surface area contributed by atoms with E-state index in [1.165, 1.54) is 18.9 Å². The number of benzene rings is 1. The second-order valence-corrected chi connectivity index (χ2v) is 6.13. The number of nitrogens with one attached hydrogen (secondary N) is 1. The maximum atomic E-state index is 13.7. The molecule has 21 heavy (non-hydrogen) atoms. The summed E-state index contributed by atoms with van der Waals surface area (Å²) in [6, 6.07) is 4.81. The van der Waals surface area contributed by atoms with Gasteiger partial charge in [-0.3, -0.25) is 4.79 Å². The maximum absolute atomic E-state index is 13.7. The molecule has 0 heterocycles. The van der Waals surface area contributed by atoms with Gasteiger partial charge in [-0.05, 0) is 50.4 Å². The fraction of sp³-hybridized carbons (Fsp3) is 0.533. The van der Waals surface area contributed by atoms with Crippen molar-refractivity contribution >= 4 is 34.2 Å². The summed E-state index contributed by atoms with van der Waals surface area (Å²) >= 11 is 3.33. The lowest BCUT2D eigenvalue weighted by Crippen LogP contribution is -2.38. The zero-order valence-electron chi connectivity index (χ0n) is 12.1. The highest BCUT2D eigenvalue weighted by Gasteiger charge is 2.21. The number of amides is 1. The minimum absolute atomic E-state index is 0. The number of hydrogen-bond donors (Lipinski definition) is 1. The number of rotatable bonds is 7. The molecule has 1 aromatic rings. The molecule has 1 saturated carbocycles. The van der Waals surface area contributed by atoms with Gasteiger partial charge < -0.3 is 10.2 Å². The minimum Gasteiger partial charge on any atom is -0.337 e. The van der Waals surface area contributed by atoms with E-state index in [1.807, 2.05) is 6.92 Å². The monoisotopic (exact) mass is 378 g/mol. The SMILES string of the molecule is CCN(Cc1cc(Br)ccc1F)C(=O)CNCC1CC1.Cl. The number of hydrogen-bond acceptors (Lipinski definition) is 2. The Morgan fingerprint density at radius 1 is 1.48 bits per heavy atom. The normalized spacial score (nSPS) is 13.7. The number of carbonyl (C=O) groups is 1. The Balaban J connectivity index is 0.00000220. The molecule has 0 saturated heterocycles. The van der Waals surface area contributed by atoms with Crippen molar-refractivity contribution in [3.63, 3.8) is 0 Å². The van der Waals surface area contributed by atoms with Gasteiger partial charge in [0.1, 0.15) is 5.82 Å². The van der Waals surface area contributed by atoms with Crippen molar-refractivity contribution in [1.82, 2.24) is 10.2 Å². The molecule has 1 N–H and O–H groups in total. The van der Waals surface area contributed by atoms with Crippen LogP contribution in [-0.4, -0.2) is 30.4 Å². The summed E-state index contributed by atoms with van der Waals surface area (Å²) in [6.07, 6.45) is 2.53. The molecule has 1 aliphatic rings. The molecule has 6 heteroatoms. The highest BCUT2D eigenvalue weighted by molar-refractivity contribution is 9.10. The lowest BCUT2D eigenvalue weighted by atomic mass is 10.2. The molecule has 0 radical (unpaired) electrons. The zero-order chi connectivity index (χ0) is 14.5. The Bertz CT molecular complexity index is 483. The van der Waals surface area contributed by atoms with Crippen LogP contribution in [0.4, 0.5) is 4.39 Å². The predicted molar refractivity (Wildman–Crippen MR) is 88.0 cm³/mol. The Kier molecular flexibility index (Phi) is 7.63. The Morgan fingerprint density at radius 3 is 2.81 bits per heavy atom. The van der Waals surface area contributed by atoms with Crippen molar-refractivity contribution in [2.24, 2.45) is 5.92 Å². The quantitative estimate of drug-likeness (QED) is 0.788. The minimum atomic E-state index is -0.273. The van der Waals surface area contributed by atoms with Crippen LogP contribution in [0.2, 0.25) is 0 Å². The van der Waals surface area contributed by atoms with E-state index < -0.39 is 0 Å². The zero-order valence-corrected chi connectivity index (χ0v) is 14.5. The molecule has 0 bridgehead atoms. The first-order chi connectivity index (χ1) is 9.60. The summed E-state index contributed by atoms with van der Waals surface area (Å²) in [7, 11) is 0. The molecule has 1 aliphatic carbocycles. The van der Waals surface area contributed by atoms with Crippen molar-refractivity contribution in [2.75, 3.05) is 19.6 Å². The molecule has 0 unspecified atom stereocenters. The molecule has 118 valence electrons. The molecular weight excluding hydrogens is 359 g/mol. The lowest BCUT2D eigenvalue weighted by Gasteiger charge is -2.21. The molecule has 1 fully saturated rings. The van der Waals surface area contributed by atoms with E-state index in [0.29, 0.717) is 25.2 Å². The third kappa shape index (κ3) is 5.93. The number of carbonyl (C=O) groups excluding carboxylic acids is 1. The Hall–Kier alpha value is -0.650. The Labute approximate surface area is 139 Å². The van der Waals surface area contributed by atoms with E-state index in [0.717, 1.165) is 16.9 Å². The first-order valence-corrected chi connectivity index (χ1v) is 7.82. The number of likely N-dealkylation sites (N-methyl/N-ethyl adjacent to an activating group) is 1. The molecular formula is C15H21BrClFN2O. The molecule has 0 aromatic heterocycles. The van der Waals surface area contributed by atoms with Gasteiger partial charge in [0, 0.05) is 23.1 Å². The standard InChI is InChI=1S/C15H20BrFN2O.ClH/c1-2-19(15(20)9-18-8-11-3-4-11)10-12-7-13(16)5-6-14(12)17;/h5-7,11,18H,2-4,8-10H2,1H3;1H. The van der Waals surface area contributed by atoms with Crippen molar-refractivity contribution < 1.29 is 9.18 Å². The van der Waals surface area contributed by atoms with Gasteiger partial charge in [0.15, 0.2) is 0 Å². The first-order valence-electron chi connectivity index (χ1n) is 7.02. The number of halogens is 3. The average molecular weight is 380 g/mol. The smallest absolute Gasteiger partial charge is 0.236 e. The average Bonchev–Trinajstić information content (AvgIpc) is 3.23. The summed E-state index contributed by atoms with van der Waals surface area (Å²) in [5, 5.41) is 3.18. The van der Waals surface area contributed by atoms with Gasteiger partial charge in [0.2, 0.25) is 5.91 Å². The van der Waals surface area contributed by atoms with E-state index in [-0.39, 0.29) is 24.1 Å². The van der Waals surface area contributed by atoms with E-state index in [2.05, 4.69) is 21.2 Å². The molecule has 1 amide bonds. The van der Waals surface area contributed by atoms with Crippen LogP contribution in [0.5, 0.6) is 0 Å². The highest BCUT2D eigenvalue weighted by Crippen LogP contribution is 2.27. The van der Waals surface area contributed by atoms with E-state index in [9.17, 15) is 9.18 Å². The van der Waals surface area contributed by atoms with Crippen LogP contribution in [0, 0.1) is 11.7 Å². The van der Waals surface area contributed by atoms with Gasteiger partial charge in [-0.1, -0.05) is 15.9 Å². The highest BCUT2D eigenvalue weighted by atomic mass is 79.9. The second kappa shape index (κ2) is 8.71. The van der Waals surface area contributed by atoms with Crippen LogP contribution in [0.3, 0.4) is 0 Å². The van der Waals surface area contributed by atoms with Crippen LogP contribution < -0.4 is 5.32 Å². The van der Waals surface area contributed by atoms with Crippen molar-refractivity contribution in [3.05, 3.63) is 34.1 Å².